The second kappa shape index (κ2) is 9.73. The minimum absolute atomic E-state index is 0.0949. The lowest BCUT2D eigenvalue weighted by atomic mass is 10.2. The predicted octanol–water partition coefficient (Wildman–Crippen LogP) is 4.12. The second-order valence-corrected chi connectivity index (χ2v) is 8.25. The number of aromatic nitrogens is 1. The van der Waals surface area contributed by atoms with Crippen LogP contribution in [0.2, 0.25) is 0 Å². The number of thiophene rings is 1. The quantitative estimate of drug-likeness (QED) is 0.648. The number of methoxy groups -OCH3 is 1. The zero-order chi connectivity index (χ0) is 20.8. The first-order chi connectivity index (χ1) is 14.7. The largest absolute Gasteiger partial charge is 0.497 e. The number of benzene rings is 1. The molecule has 30 heavy (non-hydrogen) atoms. The van der Waals surface area contributed by atoms with Crippen LogP contribution in [0.5, 0.6) is 5.75 Å². The molecule has 7 heteroatoms. The Morgan fingerprint density at radius 2 is 2.07 bits per heavy atom. The standard InChI is InChI=1S/C23H26N4O2S/c1-29-20-6-2-5-18(15-20)17-26-10-4-11-27(13-12-26)22-9-8-19(16-24-22)25-23(28)21-7-3-14-30-21/h2-3,5-9,14-16H,4,10-13,17H2,1H3,(H,25,28). The molecule has 0 unspecified atom stereocenters. The first-order valence-corrected chi connectivity index (χ1v) is 11.0. The number of carbonyl (C=O) groups is 1. The average Bonchev–Trinajstić information content (AvgIpc) is 3.22. The molecule has 1 aromatic carbocycles. The molecule has 0 atom stereocenters. The second-order valence-electron chi connectivity index (χ2n) is 7.30. The molecule has 3 heterocycles. The maximum atomic E-state index is 12.2. The van der Waals surface area contributed by atoms with Gasteiger partial charge < -0.3 is 15.0 Å². The van der Waals surface area contributed by atoms with Crippen molar-refractivity contribution in [3.63, 3.8) is 0 Å². The normalized spacial score (nSPS) is 14.9. The lowest BCUT2D eigenvalue weighted by Crippen LogP contribution is -2.31. The predicted molar refractivity (Wildman–Crippen MR) is 122 cm³/mol. The van der Waals surface area contributed by atoms with Crippen molar-refractivity contribution in [3.8, 4) is 5.75 Å². The minimum Gasteiger partial charge on any atom is -0.497 e. The van der Waals surface area contributed by atoms with E-state index in [4.69, 9.17) is 4.74 Å². The van der Waals surface area contributed by atoms with Gasteiger partial charge in [-0.2, -0.15) is 0 Å². The number of nitrogens with zero attached hydrogens (tertiary/aromatic N) is 3. The monoisotopic (exact) mass is 422 g/mol. The van der Waals surface area contributed by atoms with Gasteiger partial charge in [0.05, 0.1) is 23.9 Å². The summed E-state index contributed by atoms with van der Waals surface area (Å²) in [6.07, 6.45) is 2.82. The highest BCUT2D eigenvalue weighted by molar-refractivity contribution is 7.12. The Morgan fingerprint density at radius 3 is 2.83 bits per heavy atom. The molecule has 1 aliphatic rings. The highest BCUT2D eigenvalue weighted by atomic mass is 32.1. The topological polar surface area (TPSA) is 57.7 Å². The highest BCUT2D eigenvalue weighted by Gasteiger charge is 2.17. The number of carbonyl (C=O) groups excluding carboxylic acids is 1. The van der Waals surface area contributed by atoms with E-state index >= 15 is 0 Å². The third kappa shape index (κ3) is 5.17. The van der Waals surface area contributed by atoms with Gasteiger partial charge in [0, 0.05) is 32.7 Å². The molecule has 156 valence electrons. The van der Waals surface area contributed by atoms with Crippen LogP contribution < -0.4 is 15.0 Å². The summed E-state index contributed by atoms with van der Waals surface area (Å²) in [4.78, 5) is 22.3. The highest BCUT2D eigenvalue weighted by Crippen LogP contribution is 2.19. The molecule has 0 aliphatic carbocycles. The van der Waals surface area contributed by atoms with Crippen molar-refractivity contribution >= 4 is 28.7 Å². The van der Waals surface area contributed by atoms with Gasteiger partial charge in [-0.25, -0.2) is 4.98 Å². The molecule has 0 spiro atoms. The zero-order valence-corrected chi connectivity index (χ0v) is 17.9. The Bertz CT molecular complexity index is 960. The Balaban J connectivity index is 1.33. The van der Waals surface area contributed by atoms with Gasteiger partial charge in [-0.05, 0) is 47.7 Å². The number of rotatable bonds is 6. The Labute approximate surface area is 181 Å². The molecule has 2 aromatic heterocycles. The molecule has 1 N–H and O–H groups in total. The van der Waals surface area contributed by atoms with E-state index in [-0.39, 0.29) is 5.91 Å². The summed E-state index contributed by atoms with van der Waals surface area (Å²) in [5.74, 6) is 1.76. The van der Waals surface area contributed by atoms with Crippen LogP contribution in [0, 0.1) is 0 Å². The molecule has 1 amide bonds. The van der Waals surface area contributed by atoms with Crippen LogP contribution in [0.3, 0.4) is 0 Å². The van der Waals surface area contributed by atoms with Crippen molar-refractivity contribution in [1.82, 2.24) is 9.88 Å². The van der Waals surface area contributed by atoms with Crippen LogP contribution in [-0.2, 0) is 6.54 Å². The van der Waals surface area contributed by atoms with Crippen LogP contribution >= 0.6 is 11.3 Å². The summed E-state index contributed by atoms with van der Waals surface area (Å²) in [5, 5.41) is 4.80. The third-order valence-corrected chi connectivity index (χ3v) is 6.07. The number of hydrogen-bond donors (Lipinski definition) is 1. The Hall–Kier alpha value is -2.90. The summed E-state index contributed by atoms with van der Waals surface area (Å²) in [6.45, 7) is 4.87. The van der Waals surface area contributed by atoms with Crippen LogP contribution in [0.25, 0.3) is 0 Å². The summed E-state index contributed by atoms with van der Waals surface area (Å²) in [7, 11) is 1.70. The number of amides is 1. The van der Waals surface area contributed by atoms with Gasteiger partial charge in [0.15, 0.2) is 0 Å². The molecule has 0 saturated carbocycles. The molecule has 6 nitrogen and oxygen atoms in total. The third-order valence-electron chi connectivity index (χ3n) is 5.20. The van der Waals surface area contributed by atoms with Crippen molar-refractivity contribution < 1.29 is 9.53 Å². The molecule has 1 saturated heterocycles. The van der Waals surface area contributed by atoms with Gasteiger partial charge in [-0.3, -0.25) is 9.69 Å². The molecule has 0 radical (unpaired) electrons. The number of nitrogens with one attached hydrogen (secondary N) is 1. The van der Waals surface area contributed by atoms with E-state index in [1.807, 2.05) is 41.8 Å². The van der Waals surface area contributed by atoms with Crippen LogP contribution in [-0.4, -0.2) is 49.1 Å². The summed E-state index contributed by atoms with van der Waals surface area (Å²) < 4.78 is 5.34. The number of pyridine rings is 1. The zero-order valence-electron chi connectivity index (χ0n) is 17.1. The van der Waals surface area contributed by atoms with Gasteiger partial charge >= 0.3 is 0 Å². The van der Waals surface area contributed by atoms with Crippen molar-refractivity contribution in [1.29, 1.82) is 0 Å². The molecule has 1 aliphatic heterocycles. The maximum absolute atomic E-state index is 12.2. The van der Waals surface area contributed by atoms with Gasteiger partial charge in [0.1, 0.15) is 11.6 Å². The van der Waals surface area contributed by atoms with Gasteiger partial charge in [0.2, 0.25) is 0 Å². The lowest BCUT2D eigenvalue weighted by Gasteiger charge is -2.23. The smallest absolute Gasteiger partial charge is 0.265 e. The van der Waals surface area contributed by atoms with E-state index in [0.29, 0.717) is 10.6 Å². The molecule has 0 bridgehead atoms. The van der Waals surface area contributed by atoms with E-state index < -0.39 is 0 Å². The van der Waals surface area contributed by atoms with Gasteiger partial charge in [-0.15, -0.1) is 11.3 Å². The molecule has 4 rings (SSSR count). The fourth-order valence-corrected chi connectivity index (χ4v) is 4.25. The van der Waals surface area contributed by atoms with E-state index in [9.17, 15) is 4.79 Å². The maximum Gasteiger partial charge on any atom is 0.265 e. The van der Waals surface area contributed by atoms with E-state index in [1.165, 1.54) is 16.9 Å². The summed E-state index contributed by atoms with van der Waals surface area (Å²) in [5.41, 5.74) is 1.98. The molecular formula is C23H26N4O2S. The summed E-state index contributed by atoms with van der Waals surface area (Å²) >= 11 is 1.43. The lowest BCUT2D eigenvalue weighted by molar-refractivity contribution is 0.103. The van der Waals surface area contributed by atoms with E-state index in [2.05, 4.69) is 32.2 Å². The van der Waals surface area contributed by atoms with Gasteiger partial charge in [-0.1, -0.05) is 18.2 Å². The first-order valence-electron chi connectivity index (χ1n) is 10.1. The SMILES string of the molecule is COc1cccc(CN2CCCN(c3ccc(NC(=O)c4cccs4)cn3)CC2)c1. The molecule has 3 aromatic rings. The van der Waals surface area contributed by atoms with Crippen LogP contribution in [0.4, 0.5) is 11.5 Å². The van der Waals surface area contributed by atoms with Crippen LogP contribution in [0.15, 0.2) is 60.1 Å². The minimum atomic E-state index is -0.0949. The van der Waals surface area contributed by atoms with Crippen molar-refractivity contribution in [2.24, 2.45) is 0 Å². The number of hydrogen-bond acceptors (Lipinski definition) is 6. The average molecular weight is 423 g/mol. The molecule has 1 fully saturated rings. The van der Waals surface area contributed by atoms with E-state index in [0.717, 1.165) is 50.7 Å². The fraction of sp³-hybridized carbons (Fsp3) is 0.304. The molecular weight excluding hydrogens is 396 g/mol. The number of anilines is 2. The fourth-order valence-electron chi connectivity index (χ4n) is 3.63. The van der Waals surface area contributed by atoms with E-state index in [1.54, 1.807) is 13.3 Å². The Morgan fingerprint density at radius 1 is 1.13 bits per heavy atom. The first kappa shape index (κ1) is 20.4. The van der Waals surface area contributed by atoms with Crippen molar-refractivity contribution in [2.75, 3.05) is 43.5 Å². The Kier molecular flexibility index (Phi) is 6.61. The van der Waals surface area contributed by atoms with Crippen LogP contribution in [0.1, 0.15) is 21.7 Å². The number of ether oxygens (including phenoxy) is 1. The van der Waals surface area contributed by atoms with Crippen molar-refractivity contribution in [3.05, 3.63) is 70.5 Å². The van der Waals surface area contributed by atoms with Crippen molar-refractivity contribution in [2.45, 2.75) is 13.0 Å². The van der Waals surface area contributed by atoms with Gasteiger partial charge in [0.25, 0.3) is 5.91 Å². The summed E-state index contributed by atoms with van der Waals surface area (Å²) in [6, 6.07) is 15.9.